The zero-order chi connectivity index (χ0) is 11.7. The van der Waals surface area contributed by atoms with Crippen LogP contribution >= 0.6 is 0 Å². The van der Waals surface area contributed by atoms with Gasteiger partial charge in [-0.1, -0.05) is 32.4 Å². The second-order valence-corrected chi connectivity index (χ2v) is 7.91. The van der Waals surface area contributed by atoms with Crippen molar-refractivity contribution < 1.29 is 8.42 Å². The zero-order valence-electron chi connectivity index (χ0n) is 10.2. The van der Waals surface area contributed by atoms with Gasteiger partial charge in [-0.2, -0.15) is 0 Å². The van der Waals surface area contributed by atoms with E-state index < -0.39 is 9.84 Å². The molecule has 1 unspecified atom stereocenters. The molecule has 0 bridgehead atoms. The highest BCUT2D eigenvalue weighted by Gasteiger charge is 2.26. The molecule has 15 heavy (non-hydrogen) atoms. The number of hydrogen-bond acceptors (Lipinski definition) is 2. The second-order valence-electron chi connectivity index (χ2n) is 5.77. The van der Waals surface area contributed by atoms with Gasteiger partial charge >= 0.3 is 0 Å². The molecule has 2 nitrogen and oxygen atoms in total. The maximum atomic E-state index is 11.1. The minimum atomic E-state index is -2.84. The Hall–Kier alpha value is -0.310. The van der Waals surface area contributed by atoms with E-state index in [-0.39, 0.29) is 5.75 Å². The van der Waals surface area contributed by atoms with Crippen molar-refractivity contribution in [1.82, 2.24) is 0 Å². The van der Waals surface area contributed by atoms with E-state index in [0.29, 0.717) is 11.3 Å². The largest absolute Gasteiger partial charge is 0.229 e. The lowest BCUT2D eigenvalue weighted by atomic mass is 9.73. The molecular weight excluding hydrogens is 208 g/mol. The highest BCUT2D eigenvalue weighted by molar-refractivity contribution is 7.90. The average molecular weight is 230 g/mol. The fraction of sp³-hybridized carbons (Fsp3) is 0.833. The maximum Gasteiger partial charge on any atom is 0.151 e. The summed E-state index contributed by atoms with van der Waals surface area (Å²) in [5.74, 6) is 0.949. The van der Waals surface area contributed by atoms with Crippen LogP contribution in [-0.4, -0.2) is 20.4 Å². The van der Waals surface area contributed by atoms with E-state index in [0.717, 1.165) is 24.8 Å². The van der Waals surface area contributed by atoms with Crippen LogP contribution in [-0.2, 0) is 9.84 Å². The van der Waals surface area contributed by atoms with Gasteiger partial charge in [0.25, 0.3) is 0 Å². The first kappa shape index (κ1) is 12.8. The van der Waals surface area contributed by atoms with Crippen LogP contribution in [0.25, 0.3) is 0 Å². The highest BCUT2D eigenvalue weighted by atomic mass is 32.2. The molecule has 1 atom stereocenters. The zero-order valence-corrected chi connectivity index (χ0v) is 11.0. The van der Waals surface area contributed by atoms with Gasteiger partial charge in [-0.25, -0.2) is 8.42 Å². The third-order valence-corrected chi connectivity index (χ3v) is 4.07. The van der Waals surface area contributed by atoms with Gasteiger partial charge in [-0.15, -0.1) is 0 Å². The lowest BCUT2D eigenvalue weighted by Gasteiger charge is -2.33. The Bertz CT molecular complexity index is 344. The van der Waals surface area contributed by atoms with Crippen molar-refractivity contribution in [1.29, 1.82) is 0 Å². The van der Waals surface area contributed by atoms with Gasteiger partial charge < -0.3 is 0 Å². The molecule has 0 amide bonds. The Morgan fingerprint density at radius 2 is 2.00 bits per heavy atom. The van der Waals surface area contributed by atoms with Crippen molar-refractivity contribution in [3.05, 3.63) is 11.6 Å². The van der Waals surface area contributed by atoms with Gasteiger partial charge in [-0.3, -0.25) is 0 Å². The van der Waals surface area contributed by atoms with Crippen LogP contribution in [0.3, 0.4) is 0 Å². The van der Waals surface area contributed by atoms with E-state index in [4.69, 9.17) is 0 Å². The molecule has 0 aromatic heterocycles. The van der Waals surface area contributed by atoms with Crippen LogP contribution in [0.4, 0.5) is 0 Å². The molecule has 0 heterocycles. The van der Waals surface area contributed by atoms with Crippen molar-refractivity contribution in [2.75, 3.05) is 12.0 Å². The van der Waals surface area contributed by atoms with E-state index in [1.807, 2.05) is 0 Å². The molecule has 3 heteroatoms. The predicted octanol–water partition coefficient (Wildman–Crippen LogP) is 2.80. The predicted molar refractivity (Wildman–Crippen MR) is 64.6 cm³/mol. The van der Waals surface area contributed by atoms with Gasteiger partial charge in [-0.05, 0) is 30.6 Å². The third-order valence-electron chi connectivity index (χ3n) is 3.18. The van der Waals surface area contributed by atoms with E-state index >= 15 is 0 Å². The molecule has 0 aliphatic heterocycles. The van der Waals surface area contributed by atoms with E-state index in [1.54, 1.807) is 0 Å². The highest BCUT2D eigenvalue weighted by Crippen LogP contribution is 2.37. The van der Waals surface area contributed by atoms with Crippen molar-refractivity contribution in [2.24, 2.45) is 11.3 Å². The van der Waals surface area contributed by atoms with Crippen LogP contribution in [0.15, 0.2) is 11.6 Å². The normalized spacial score (nSPS) is 23.7. The maximum absolute atomic E-state index is 11.1. The van der Waals surface area contributed by atoms with Crippen LogP contribution in [0, 0.1) is 11.3 Å². The lowest BCUT2D eigenvalue weighted by molar-refractivity contribution is 0.221. The molecule has 1 aliphatic carbocycles. The van der Waals surface area contributed by atoms with Crippen LogP contribution in [0.1, 0.15) is 40.0 Å². The molecule has 0 saturated heterocycles. The summed E-state index contributed by atoms with van der Waals surface area (Å²) >= 11 is 0. The summed E-state index contributed by atoms with van der Waals surface area (Å²) in [6.45, 7) is 6.77. The lowest BCUT2D eigenvalue weighted by Crippen LogP contribution is -2.23. The molecule has 0 aromatic carbocycles. The first-order valence-electron chi connectivity index (χ1n) is 5.54. The summed E-state index contributed by atoms with van der Waals surface area (Å²) in [7, 11) is -2.84. The van der Waals surface area contributed by atoms with E-state index in [2.05, 4.69) is 26.8 Å². The van der Waals surface area contributed by atoms with Crippen LogP contribution < -0.4 is 0 Å². The minimum Gasteiger partial charge on any atom is -0.229 e. The van der Waals surface area contributed by atoms with Crippen LogP contribution in [0.5, 0.6) is 0 Å². The first-order valence-corrected chi connectivity index (χ1v) is 7.60. The molecule has 0 aromatic rings. The molecule has 0 radical (unpaired) electrons. The van der Waals surface area contributed by atoms with Crippen molar-refractivity contribution in [3.8, 4) is 0 Å². The number of allylic oxidation sites excluding steroid dienone is 1. The SMILES string of the molecule is CC(C)(C)C1CC=C(CS(C)(=O)=O)CC1. The third kappa shape index (κ3) is 4.37. The molecule has 0 N–H and O–H groups in total. The second kappa shape index (κ2) is 4.28. The van der Waals surface area contributed by atoms with E-state index in [1.165, 1.54) is 6.26 Å². The van der Waals surface area contributed by atoms with Gasteiger partial charge in [0.15, 0.2) is 9.84 Å². The smallest absolute Gasteiger partial charge is 0.151 e. The Kier molecular flexibility index (Phi) is 3.64. The summed E-state index contributed by atoms with van der Waals surface area (Å²) in [5, 5.41) is 0. The molecule has 0 saturated carbocycles. The number of sulfone groups is 1. The summed E-state index contributed by atoms with van der Waals surface area (Å²) in [6.07, 6.45) is 6.57. The fourth-order valence-electron chi connectivity index (χ4n) is 2.14. The van der Waals surface area contributed by atoms with Crippen molar-refractivity contribution >= 4 is 9.84 Å². The summed E-state index contributed by atoms with van der Waals surface area (Å²) in [6, 6.07) is 0. The average Bonchev–Trinajstić information content (AvgIpc) is 2.00. The molecular formula is C12H22O2S. The number of hydrogen-bond donors (Lipinski definition) is 0. The first-order chi connectivity index (χ1) is 6.68. The number of rotatable bonds is 2. The Labute approximate surface area is 93.7 Å². The van der Waals surface area contributed by atoms with Crippen molar-refractivity contribution in [2.45, 2.75) is 40.0 Å². The summed E-state index contributed by atoms with van der Waals surface area (Å²) in [5.41, 5.74) is 1.45. The fourth-order valence-corrected chi connectivity index (χ4v) is 3.08. The monoisotopic (exact) mass is 230 g/mol. The molecule has 88 valence electrons. The van der Waals surface area contributed by atoms with Gasteiger partial charge in [0.1, 0.15) is 0 Å². The molecule has 1 rings (SSSR count). The Balaban J connectivity index is 2.60. The topological polar surface area (TPSA) is 34.1 Å². The minimum absolute atomic E-state index is 0.254. The van der Waals surface area contributed by atoms with E-state index in [9.17, 15) is 8.42 Å². The standard InChI is InChI=1S/C12H22O2S/c1-12(2,3)11-7-5-10(6-8-11)9-15(4,13)14/h5,11H,6-9H2,1-4H3. The van der Waals surface area contributed by atoms with Crippen LogP contribution in [0.2, 0.25) is 0 Å². The summed E-state index contributed by atoms with van der Waals surface area (Å²) in [4.78, 5) is 0. The molecule has 0 spiro atoms. The molecule has 0 fully saturated rings. The van der Waals surface area contributed by atoms with Gasteiger partial charge in [0.2, 0.25) is 0 Å². The Morgan fingerprint density at radius 3 is 2.33 bits per heavy atom. The summed E-state index contributed by atoms with van der Waals surface area (Å²) < 4.78 is 22.3. The van der Waals surface area contributed by atoms with Crippen molar-refractivity contribution in [3.63, 3.8) is 0 Å². The van der Waals surface area contributed by atoms with Gasteiger partial charge in [0.05, 0.1) is 5.75 Å². The Morgan fingerprint density at radius 1 is 1.40 bits per heavy atom. The molecule has 1 aliphatic rings. The van der Waals surface area contributed by atoms with Gasteiger partial charge in [0, 0.05) is 6.26 Å². The quantitative estimate of drug-likeness (QED) is 0.684.